The number of nitrogens with one attached hydrogen (secondary N) is 1. The average Bonchev–Trinajstić information content (AvgIpc) is 3.15. The molecule has 0 aliphatic heterocycles. The summed E-state index contributed by atoms with van der Waals surface area (Å²) in [4.78, 5) is 22.2. The molecular weight excluding hydrogens is 312 g/mol. The number of aryl methyl sites for hydroxylation is 2. The molecule has 1 aromatic carbocycles. The number of carbonyl (C=O) groups excluding carboxylic acids is 1. The first kappa shape index (κ1) is 15.5. The van der Waals surface area contributed by atoms with E-state index in [1.54, 1.807) is 16.8 Å². The fourth-order valence-electron chi connectivity index (χ4n) is 2.37. The van der Waals surface area contributed by atoms with Crippen LogP contribution in [0.3, 0.4) is 0 Å². The number of furan rings is 1. The minimum absolute atomic E-state index is 0.134. The molecule has 0 aliphatic rings. The van der Waals surface area contributed by atoms with Gasteiger partial charge >= 0.3 is 5.88 Å². The lowest BCUT2D eigenvalue weighted by Gasteiger charge is -2.11. The normalized spacial score (nSPS) is 10.6. The van der Waals surface area contributed by atoms with Crippen LogP contribution in [0.4, 0.5) is 11.6 Å². The van der Waals surface area contributed by atoms with Gasteiger partial charge in [0, 0.05) is 5.69 Å². The summed E-state index contributed by atoms with van der Waals surface area (Å²) >= 11 is 0. The molecule has 0 saturated carbocycles. The van der Waals surface area contributed by atoms with E-state index in [1.165, 1.54) is 6.07 Å². The van der Waals surface area contributed by atoms with Crippen molar-refractivity contribution in [3.63, 3.8) is 0 Å². The molecule has 2 aromatic heterocycles. The number of benzene rings is 1. The van der Waals surface area contributed by atoms with Crippen molar-refractivity contribution in [3.8, 4) is 5.69 Å². The van der Waals surface area contributed by atoms with Gasteiger partial charge in [-0.05, 0) is 38.1 Å². The maximum absolute atomic E-state index is 12.3. The summed E-state index contributed by atoms with van der Waals surface area (Å²) in [6, 6.07) is 11.5. The highest BCUT2D eigenvalue weighted by molar-refractivity contribution is 6.03. The smallest absolute Gasteiger partial charge is 0.395 e. The van der Waals surface area contributed by atoms with Gasteiger partial charge in [0.25, 0.3) is 5.91 Å². The van der Waals surface area contributed by atoms with E-state index < -0.39 is 16.7 Å². The Kier molecular flexibility index (Phi) is 3.87. The number of aromatic nitrogens is 2. The van der Waals surface area contributed by atoms with Crippen molar-refractivity contribution in [2.24, 2.45) is 0 Å². The van der Waals surface area contributed by atoms with Crippen LogP contribution in [0.15, 0.2) is 46.9 Å². The molecule has 0 radical (unpaired) electrons. The van der Waals surface area contributed by atoms with Gasteiger partial charge in [-0.15, -0.1) is 0 Å². The maximum atomic E-state index is 12.3. The molecule has 0 bridgehead atoms. The number of para-hydroxylation sites is 2. The van der Waals surface area contributed by atoms with Gasteiger partial charge in [0.2, 0.25) is 0 Å². The first-order valence-electron chi connectivity index (χ1n) is 7.14. The molecule has 3 rings (SSSR count). The molecule has 0 aliphatic carbocycles. The third-order valence-corrected chi connectivity index (χ3v) is 3.39. The van der Waals surface area contributed by atoms with Crippen LogP contribution in [-0.4, -0.2) is 20.6 Å². The Morgan fingerprint density at radius 3 is 2.62 bits per heavy atom. The predicted molar refractivity (Wildman–Crippen MR) is 86.4 cm³/mol. The van der Waals surface area contributed by atoms with Gasteiger partial charge in [-0.1, -0.05) is 12.1 Å². The summed E-state index contributed by atoms with van der Waals surface area (Å²) in [6.45, 7) is 3.79. The fraction of sp³-hybridized carbons (Fsp3) is 0.125. The van der Waals surface area contributed by atoms with Crippen molar-refractivity contribution < 1.29 is 14.1 Å². The lowest BCUT2D eigenvalue weighted by atomic mass is 10.2. The number of nitrogens with zero attached hydrogens (tertiary/aromatic N) is 3. The Bertz CT molecular complexity index is 926. The summed E-state index contributed by atoms with van der Waals surface area (Å²) in [7, 11) is 0. The van der Waals surface area contributed by atoms with Gasteiger partial charge in [-0.2, -0.15) is 5.10 Å². The van der Waals surface area contributed by atoms with Crippen molar-refractivity contribution in [1.82, 2.24) is 9.78 Å². The van der Waals surface area contributed by atoms with Crippen LogP contribution in [0.5, 0.6) is 0 Å². The van der Waals surface area contributed by atoms with E-state index in [0.29, 0.717) is 11.4 Å². The summed E-state index contributed by atoms with van der Waals surface area (Å²) in [5, 5.41) is 17.7. The number of carbonyl (C=O) groups is 1. The van der Waals surface area contributed by atoms with Crippen LogP contribution >= 0.6 is 0 Å². The number of rotatable bonds is 4. The first-order valence-corrected chi connectivity index (χ1v) is 7.14. The van der Waals surface area contributed by atoms with Crippen LogP contribution in [0.25, 0.3) is 5.69 Å². The van der Waals surface area contributed by atoms with Crippen molar-refractivity contribution in [2.45, 2.75) is 13.8 Å². The van der Waals surface area contributed by atoms with Crippen molar-refractivity contribution >= 4 is 17.5 Å². The molecule has 8 heteroatoms. The van der Waals surface area contributed by atoms with Crippen molar-refractivity contribution in [1.29, 1.82) is 0 Å². The molecule has 2 heterocycles. The van der Waals surface area contributed by atoms with Gasteiger partial charge in [-0.3, -0.25) is 14.9 Å². The molecular formula is C16H14N4O4. The number of nitro groups is 1. The van der Waals surface area contributed by atoms with Crippen LogP contribution in [0.2, 0.25) is 0 Å². The SMILES string of the molecule is Cc1cc(C)n(-c2ccccc2NC(=O)c2ccc([N+](=O)[O-])o2)n1. The third-order valence-electron chi connectivity index (χ3n) is 3.39. The molecule has 0 spiro atoms. The monoisotopic (exact) mass is 326 g/mol. The van der Waals surface area contributed by atoms with E-state index in [2.05, 4.69) is 10.4 Å². The van der Waals surface area contributed by atoms with E-state index in [-0.39, 0.29) is 5.76 Å². The van der Waals surface area contributed by atoms with E-state index in [0.717, 1.165) is 17.5 Å². The molecule has 24 heavy (non-hydrogen) atoms. The maximum Gasteiger partial charge on any atom is 0.433 e. The van der Waals surface area contributed by atoms with Crippen LogP contribution in [-0.2, 0) is 0 Å². The quantitative estimate of drug-likeness (QED) is 0.585. The summed E-state index contributed by atoms with van der Waals surface area (Å²) in [5.74, 6) is -1.19. The molecule has 0 fully saturated rings. The molecule has 1 amide bonds. The van der Waals surface area contributed by atoms with Crippen molar-refractivity contribution in [3.05, 3.63) is 69.7 Å². The Morgan fingerprint density at radius 2 is 2.00 bits per heavy atom. The summed E-state index contributed by atoms with van der Waals surface area (Å²) in [6.07, 6.45) is 0. The zero-order chi connectivity index (χ0) is 17.3. The Balaban J connectivity index is 1.91. The lowest BCUT2D eigenvalue weighted by Crippen LogP contribution is -2.13. The van der Waals surface area contributed by atoms with E-state index in [9.17, 15) is 14.9 Å². The number of anilines is 1. The fourth-order valence-corrected chi connectivity index (χ4v) is 2.37. The Morgan fingerprint density at radius 1 is 1.25 bits per heavy atom. The van der Waals surface area contributed by atoms with Gasteiger partial charge in [-0.25, -0.2) is 4.68 Å². The lowest BCUT2D eigenvalue weighted by molar-refractivity contribution is -0.402. The highest BCUT2D eigenvalue weighted by atomic mass is 16.6. The molecule has 0 saturated heterocycles. The molecule has 8 nitrogen and oxygen atoms in total. The molecule has 0 atom stereocenters. The van der Waals surface area contributed by atoms with Crippen molar-refractivity contribution in [2.75, 3.05) is 5.32 Å². The minimum atomic E-state index is -0.694. The molecule has 122 valence electrons. The third kappa shape index (κ3) is 2.89. The molecule has 1 N–H and O–H groups in total. The van der Waals surface area contributed by atoms with Gasteiger partial charge in [0.1, 0.15) is 4.92 Å². The highest BCUT2D eigenvalue weighted by Crippen LogP contribution is 2.23. The summed E-state index contributed by atoms with van der Waals surface area (Å²) < 4.78 is 6.64. The largest absolute Gasteiger partial charge is 0.433 e. The number of hydrogen-bond donors (Lipinski definition) is 1. The second-order valence-electron chi connectivity index (χ2n) is 5.21. The topological polar surface area (TPSA) is 103 Å². The van der Waals surface area contributed by atoms with E-state index in [1.807, 2.05) is 32.0 Å². The average molecular weight is 326 g/mol. The second kappa shape index (κ2) is 5.99. The minimum Gasteiger partial charge on any atom is -0.395 e. The van der Waals surface area contributed by atoms with E-state index in [4.69, 9.17) is 4.42 Å². The standard InChI is InChI=1S/C16H14N4O4/c1-10-9-11(2)19(18-10)13-6-4-3-5-12(13)17-16(21)14-7-8-15(24-14)20(22)23/h3-9H,1-2H3,(H,17,21). The highest BCUT2D eigenvalue weighted by Gasteiger charge is 2.19. The first-order chi connectivity index (χ1) is 11.5. The Hall–Kier alpha value is -3.42. The number of amides is 1. The molecule has 0 unspecified atom stereocenters. The second-order valence-corrected chi connectivity index (χ2v) is 5.21. The predicted octanol–water partition coefficient (Wildman–Crippen LogP) is 3.24. The molecule has 3 aromatic rings. The number of hydrogen-bond acceptors (Lipinski definition) is 5. The van der Waals surface area contributed by atoms with Crippen LogP contribution in [0, 0.1) is 24.0 Å². The summed E-state index contributed by atoms with van der Waals surface area (Å²) in [5.41, 5.74) is 2.99. The zero-order valence-electron chi connectivity index (χ0n) is 13.0. The van der Waals surface area contributed by atoms with E-state index >= 15 is 0 Å². The van der Waals surface area contributed by atoms with Gasteiger partial charge < -0.3 is 9.73 Å². The Labute approximate surface area is 136 Å². The van der Waals surface area contributed by atoms with Gasteiger partial charge in [0.05, 0.1) is 23.1 Å². The van der Waals surface area contributed by atoms with Gasteiger partial charge in [0.15, 0.2) is 5.76 Å². The zero-order valence-corrected chi connectivity index (χ0v) is 13.0. The van der Waals surface area contributed by atoms with Crippen LogP contribution < -0.4 is 5.32 Å². The van der Waals surface area contributed by atoms with Crippen LogP contribution in [0.1, 0.15) is 21.9 Å².